The predicted molar refractivity (Wildman–Crippen MR) is 57.4 cm³/mol. The summed E-state index contributed by atoms with van der Waals surface area (Å²) in [6.45, 7) is 5.35. The quantitative estimate of drug-likeness (QED) is 0.687. The lowest BCUT2D eigenvalue weighted by molar-refractivity contribution is 0.860. The second-order valence-corrected chi connectivity index (χ2v) is 4.88. The van der Waals surface area contributed by atoms with E-state index in [0.29, 0.717) is 5.25 Å². The van der Waals surface area contributed by atoms with Crippen molar-refractivity contribution in [2.45, 2.75) is 30.5 Å². The van der Waals surface area contributed by atoms with E-state index in [1.165, 1.54) is 12.1 Å². The van der Waals surface area contributed by atoms with Gasteiger partial charge in [0, 0.05) is 17.5 Å². The monoisotopic (exact) mass is 194 g/mol. The predicted octanol–water partition coefficient (Wildman–Crippen LogP) is 2.69. The number of aryl methyl sites for hydroxylation is 1. The van der Waals surface area contributed by atoms with Gasteiger partial charge in [-0.2, -0.15) is 0 Å². The molecule has 0 aliphatic carbocycles. The van der Waals surface area contributed by atoms with Crippen LogP contribution in [0.2, 0.25) is 0 Å². The zero-order chi connectivity index (χ0) is 9.26. The van der Waals surface area contributed by atoms with Crippen LogP contribution in [-0.4, -0.2) is 16.8 Å². The van der Waals surface area contributed by atoms with Gasteiger partial charge in [0.05, 0.1) is 5.69 Å². The molecule has 0 bridgehead atoms. The van der Waals surface area contributed by atoms with E-state index in [2.05, 4.69) is 29.4 Å². The van der Waals surface area contributed by atoms with Crippen molar-refractivity contribution in [3.63, 3.8) is 0 Å². The topological polar surface area (TPSA) is 24.9 Å². The van der Waals surface area contributed by atoms with Crippen LogP contribution < -0.4 is 5.32 Å². The third-order valence-corrected chi connectivity index (χ3v) is 3.35. The largest absolute Gasteiger partial charge is 0.383 e. The maximum absolute atomic E-state index is 4.52. The van der Waals surface area contributed by atoms with Crippen LogP contribution in [0.5, 0.6) is 0 Å². The summed E-state index contributed by atoms with van der Waals surface area (Å²) in [5.41, 5.74) is 2.29. The van der Waals surface area contributed by atoms with Gasteiger partial charge in [0.25, 0.3) is 0 Å². The Labute approximate surface area is 83.1 Å². The van der Waals surface area contributed by atoms with Crippen LogP contribution in [-0.2, 0) is 0 Å². The lowest BCUT2D eigenvalue weighted by atomic mass is 10.3. The van der Waals surface area contributed by atoms with Gasteiger partial charge in [-0.15, -0.1) is 11.8 Å². The molecule has 3 heteroatoms. The number of hydrogen-bond acceptors (Lipinski definition) is 3. The van der Waals surface area contributed by atoms with Gasteiger partial charge in [0.15, 0.2) is 0 Å². The number of pyridine rings is 1. The highest BCUT2D eigenvalue weighted by molar-refractivity contribution is 8.00. The Balaban J connectivity index is 2.35. The average molecular weight is 194 g/mol. The van der Waals surface area contributed by atoms with Gasteiger partial charge in [-0.1, -0.05) is 6.92 Å². The standard InChI is InChI=1S/C10H14N2S/c1-7-3-4-9-10(12-7)13-8(2)5-6-11-9/h3-4,8,11H,5-6H2,1-2H3. The van der Waals surface area contributed by atoms with E-state index in [1.807, 2.05) is 18.7 Å². The van der Waals surface area contributed by atoms with Crippen LogP contribution in [0, 0.1) is 6.92 Å². The van der Waals surface area contributed by atoms with Crippen LogP contribution in [0.4, 0.5) is 5.69 Å². The molecule has 0 amide bonds. The normalized spacial score (nSPS) is 21.5. The van der Waals surface area contributed by atoms with Crippen molar-refractivity contribution in [3.8, 4) is 0 Å². The summed E-state index contributed by atoms with van der Waals surface area (Å²) in [5.74, 6) is 0. The van der Waals surface area contributed by atoms with E-state index in [0.717, 1.165) is 17.3 Å². The molecule has 1 aliphatic heterocycles. The molecular weight excluding hydrogens is 180 g/mol. The minimum Gasteiger partial charge on any atom is -0.383 e. The Bertz CT molecular complexity index is 312. The number of hydrogen-bond donors (Lipinski definition) is 1. The number of nitrogens with zero attached hydrogens (tertiary/aromatic N) is 1. The molecule has 0 fully saturated rings. The van der Waals surface area contributed by atoms with Crippen molar-refractivity contribution >= 4 is 17.4 Å². The second-order valence-electron chi connectivity index (χ2n) is 3.45. The summed E-state index contributed by atoms with van der Waals surface area (Å²) in [6, 6.07) is 4.19. The summed E-state index contributed by atoms with van der Waals surface area (Å²) in [4.78, 5) is 4.52. The maximum atomic E-state index is 4.52. The molecule has 0 aromatic carbocycles. The first kappa shape index (κ1) is 8.88. The third kappa shape index (κ3) is 1.97. The van der Waals surface area contributed by atoms with Gasteiger partial charge in [-0.05, 0) is 25.5 Å². The highest BCUT2D eigenvalue weighted by atomic mass is 32.2. The Morgan fingerprint density at radius 3 is 3.23 bits per heavy atom. The summed E-state index contributed by atoms with van der Waals surface area (Å²) >= 11 is 1.87. The zero-order valence-electron chi connectivity index (χ0n) is 8.00. The van der Waals surface area contributed by atoms with Crippen LogP contribution >= 0.6 is 11.8 Å². The minimum atomic E-state index is 0.669. The first-order valence-electron chi connectivity index (χ1n) is 4.64. The van der Waals surface area contributed by atoms with Crippen molar-refractivity contribution in [1.82, 2.24) is 4.98 Å². The fraction of sp³-hybridized carbons (Fsp3) is 0.500. The molecule has 0 saturated heterocycles. The first-order chi connectivity index (χ1) is 6.25. The van der Waals surface area contributed by atoms with Crippen molar-refractivity contribution < 1.29 is 0 Å². The second kappa shape index (κ2) is 3.58. The Morgan fingerprint density at radius 1 is 1.54 bits per heavy atom. The van der Waals surface area contributed by atoms with Gasteiger partial charge in [0.2, 0.25) is 0 Å². The molecule has 1 aliphatic rings. The summed E-state index contributed by atoms with van der Waals surface area (Å²) < 4.78 is 0. The number of aromatic nitrogens is 1. The number of fused-ring (bicyclic) bond motifs is 1. The molecule has 1 aromatic rings. The Kier molecular flexibility index (Phi) is 2.44. The number of anilines is 1. The number of rotatable bonds is 0. The van der Waals surface area contributed by atoms with Gasteiger partial charge >= 0.3 is 0 Å². The number of thioether (sulfide) groups is 1. The molecule has 2 heterocycles. The van der Waals surface area contributed by atoms with E-state index < -0.39 is 0 Å². The van der Waals surface area contributed by atoms with Crippen LogP contribution in [0.25, 0.3) is 0 Å². The molecule has 1 atom stereocenters. The minimum absolute atomic E-state index is 0.669. The molecular formula is C10H14N2S. The van der Waals surface area contributed by atoms with Crippen LogP contribution in [0.1, 0.15) is 19.0 Å². The van der Waals surface area contributed by atoms with E-state index in [1.54, 1.807) is 0 Å². The van der Waals surface area contributed by atoms with Gasteiger partial charge in [-0.25, -0.2) is 4.98 Å². The molecule has 1 unspecified atom stereocenters. The molecule has 1 N–H and O–H groups in total. The smallest absolute Gasteiger partial charge is 0.120 e. The van der Waals surface area contributed by atoms with E-state index >= 15 is 0 Å². The Hall–Kier alpha value is -0.700. The maximum Gasteiger partial charge on any atom is 0.120 e. The fourth-order valence-electron chi connectivity index (χ4n) is 1.42. The fourth-order valence-corrected chi connectivity index (χ4v) is 2.50. The van der Waals surface area contributed by atoms with Gasteiger partial charge < -0.3 is 5.32 Å². The summed E-state index contributed by atoms with van der Waals surface area (Å²) in [7, 11) is 0. The van der Waals surface area contributed by atoms with Crippen molar-refractivity contribution in [3.05, 3.63) is 17.8 Å². The molecule has 70 valence electrons. The SMILES string of the molecule is Cc1ccc2c(n1)SC(C)CCN2. The molecule has 2 nitrogen and oxygen atoms in total. The lowest BCUT2D eigenvalue weighted by Crippen LogP contribution is -2.03. The third-order valence-electron chi connectivity index (χ3n) is 2.18. The Morgan fingerprint density at radius 2 is 2.38 bits per heavy atom. The van der Waals surface area contributed by atoms with Gasteiger partial charge in [0.1, 0.15) is 5.03 Å². The molecule has 2 rings (SSSR count). The lowest BCUT2D eigenvalue weighted by Gasteiger charge is -2.06. The average Bonchev–Trinajstić information content (AvgIpc) is 2.25. The van der Waals surface area contributed by atoms with E-state index in [-0.39, 0.29) is 0 Å². The molecule has 0 saturated carbocycles. The molecule has 13 heavy (non-hydrogen) atoms. The highest BCUT2D eigenvalue weighted by Gasteiger charge is 2.13. The first-order valence-corrected chi connectivity index (χ1v) is 5.52. The number of nitrogens with one attached hydrogen (secondary N) is 1. The van der Waals surface area contributed by atoms with Gasteiger partial charge in [-0.3, -0.25) is 0 Å². The molecule has 0 spiro atoms. The summed E-state index contributed by atoms with van der Waals surface area (Å²) in [5, 5.41) is 5.23. The van der Waals surface area contributed by atoms with Crippen LogP contribution in [0.3, 0.4) is 0 Å². The van der Waals surface area contributed by atoms with Crippen molar-refractivity contribution in [1.29, 1.82) is 0 Å². The highest BCUT2D eigenvalue weighted by Crippen LogP contribution is 2.32. The van der Waals surface area contributed by atoms with Crippen molar-refractivity contribution in [2.75, 3.05) is 11.9 Å². The zero-order valence-corrected chi connectivity index (χ0v) is 8.82. The van der Waals surface area contributed by atoms with Crippen LogP contribution in [0.15, 0.2) is 17.2 Å². The van der Waals surface area contributed by atoms with E-state index in [4.69, 9.17) is 0 Å². The molecule has 0 radical (unpaired) electrons. The molecule has 1 aromatic heterocycles. The summed E-state index contributed by atoms with van der Waals surface area (Å²) in [6.07, 6.45) is 1.21. The van der Waals surface area contributed by atoms with E-state index in [9.17, 15) is 0 Å². The van der Waals surface area contributed by atoms with Crippen molar-refractivity contribution in [2.24, 2.45) is 0 Å².